The van der Waals surface area contributed by atoms with Gasteiger partial charge in [-0.1, -0.05) is 6.42 Å². The van der Waals surface area contributed by atoms with E-state index in [9.17, 15) is 4.79 Å². The Hall–Kier alpha value is -0.610. The molecule has 1 amide bonds. The second-order valence-electron chi connectivity index (χ2n) is 6.27. The average molecular weight is 251 g/mol. The molecule has 3 N–H and O–H groups in total. The van der Waals surface area contributed by atoms with Gasteiger partial charge in [0.25, 0.3) is 0 Å². The predicted octanol–water partition coefficient (Wildman–Crippen LogP) is 0.857. The molecule has 2 heterocycles. The Bertz CT molecular complexity index is 316. The molecule has 3 unspecified atom stereocenters. The molecule has 18 heavy (non-hydrogen) atoms. The van der Waals surface area contributed by atoms with E-state index in [-0.39, 0.29) is 11.9 Å². The zero-order chi connectivity index (χ0) is 12.5. The number of nitrogens with two attached hydrogens (primary N) is 1. The monoisotopic (exact) mass is 251 g/mol. The molecule has 0 radical (unpaired) electrons. The van der Waals surface area contributed by atoms with Crippen LogP contribution in [0.15, 0.2) is 0 Å². The topological polar surface area (TPSA) is 58.4 Å². The Morgan fingerprint density at radius 3 is 2.83 bits per heavy atom. The average Bonchev–Trinajstić information content (AvgIpc) is 3.14. The minimum atomic E-state index is 0.0915. The summed E-state index contributed by atoms with van der Waals surface area (Å²) in [7, 11) is 0. The van der Waals surface area contributed by atoms with Gasteiger partial charge in [0.2, 0.25) is 5.91 Å². The number of carbonyl (C=O) groups is 1. The van der Waals surface area contributed by atoms with Crippen molar-refractivity contribution in [3.63, 3.8) is 0 Å². The fraction of sp³-hybridized carbons (Fsp3) is 0.929. The Balaban J connectivity index is 1.48. The summed E-state index contributed by atoms with van der Waals surface area (Å²) < 4.78 is 0. The summed E-state index contributed by atoms with van der Waals surface area (Å²) in [6, 6.07) is 1.07. The molecule has 3 atom stereocenters. The number of amides is 1. The molecule has 0 bridgehead atoms. The van der Waals surface area contributed by atoms with E-state index < -0.39 is 0 Å². The SMILES string of the molecule is NC(CC(=O)NC1CCN2CCCCC12)C1CC1. The zero-order valence-corrected chi connectivity index (χ0v) is 11.1. The highest BCUT2D eigenvalue weighted by Crippen LogP contribution is 2.33. The van der Waals surface area contributed by atoms with Gasteiger partial charge in [-0.05, 0) is 44.6 Å². The first kappa shape index (κ1) is 12.4. The van der Waals surface area contributed by atoms with Gasteiger partial charge in [0.05, 0.1) is 0 Å². The van der Waals surface area contributed by atoms with Crippen LogP contribution in [-0.2, 0) is 4.79 Å². The molecule has 0 aromatic heterocycles. The highest BCUT2D eigenvalue weighted by atomic mass is 16.1. The molecule has 3 rings (SSSR count). The van der Waals surface area contributed by atoms with E-state index in [4.69, 9.17) is 5.73 Å². The Labute approximate surface area is 109 Å². The van der Waals surface area contributed by atoms with Gasteiger partial charge in [0.15, 0.2) is 0 Å². The van der Waals surface area contributed by atoms with Crippen LogP contribution in [-0.4, -0.2) is 42.0 Å². The van der Waals surface area contributed by atoms with Crippen LogP contribution in [0.5, 0.6) is 0 Å². The second-order valence-corrected chi connectivity index (χ2v) is 6.27. The summed E-state index contributed by atoms with van der Waals surface area (Å²) in [5, 5.41) is 3.23. The van der Waals surface area contributed by atoms with Crippen LogP contribution in [0.1, 0.15) is 44.9 Å². The first-order valence-corrected chi connectivity index (χ1v) is 7.53. The van der Waals surface area contributed by atoms with Gasteiger partial charge in [-0.25, -0.2) is 0 Å². The maximum atomic E-state index is 12.0. The van der Waals surface area contributed by atoms with Crippen molar-refractivity contribution in [2.45, 2.75) is 63.1 Å². The maximum Gasteiger partial charge on any atom is 0.221 e. The minimum Gasteiger partial charge on any atom is -0.352 e. The fourth-order valence-electron chi connectivity index (χ4n) is 3.59. The summed E-state index contributed by atoms with van der Waals surface area (Å²) in [6.07, 6.45) is 7.96. The second kappa shape index (κ2) is 5.17. The molecular weight excluding hydrogens is 226 g/mol. The van der Waals surface area contributed by atoms with E-state index in [0.29, 0.717) is 24.4 Å². The van der Waals surface area contributed by atoms with Crippen LogP contribution in [0.25, 0.3) is 0 Å². The summed E-state index contributed by atoms with van der Waals surface area (Å²) in [5.41, 5.74) is 6.01. The van der Waals surface area contributed by atoms with Gasteiger partial charge in [-0.15, -0.1) is 0 Å². The van der Waals surface area contributed by atoms with Crippen molar-refractivity contribution in [2.24, 2.45) is 11.7 Å². The van der Waals surface area contributed by atoms with Crippen LogP contribution in [0.2, 0.25) is 0 Å². The van der Waals surface area contributed by atoms with Gasteiger partial charge in [0.1, 0.15) is 0 Å². The molecular formula is C14H25N3O. The van der Waals surface area contributed by atoms with Crippen molar-refractivity contribution in [1.29, 1.82) is 0 Å². The van der Waals surface area contributed by atoms with E-state index in [1.54, 1.807) is 0 Å². The molecule has 4 nitrogen and oxygen atoms in total. The van der Waals surface area contributed by atoms with E-state index in [1.807, 2.05) is 0 Å². The van der Waals surface area contributed by atoms with Gasteiger partial charge >= 0.3 is 0 Å². The van der Waals surface area contributed by atoms with E-state index in [1.165, 1.54) is 38.6 Å². The summed E-state index contributed by atoms with van der Waals surface area (Å²) >= 11 is 0. The van der Waals surface area contributed by atoms with E-state index >= 15 is 0 Å². The molecule has 2 saturated heterocycles. The lowest BCUT2D eigenvalue weighted by Crippen LogP contribution is -2.47. The minimum absolute atomic E-state index is 0.0915. The third-order valence-electron chi connectivity index (χ3n) is 4.85. The van der Waals surface area contributed by atoms with E-state index in [0.717, 1.165) is 13.0 Å². The molecule has 0 aromatic rings. The molecule has 0 aromatic carbocycles. The summed E-state index contributed by atoms with van der Waals surface area (Å²) in [5.74, 6) is 0.789. The summed E-state index contributed by atoms with van der Waals surface area (Å²) in [6.45, 7) is 2.38. The number of rotatable bonds is 4. The van der Waals surface area contributed by atoms with Crippen LogP contribution in [0.3, 0.4) is 0 Å². The lowest BCUT2D eigenvalue weighted by atomic mass is 9.98. The normalized spacial score (nSPS) is 34.1. The highest BCUT2D eigenvalue weighted by molar-refractivity contribution is 5.77. The quantitative estimate of drug-likeness (QED) is 0.779. The molecule has 0 spiro atoms. The van der Waals surface area contributed by atoms with Crippen molar-refractivity contribution in [1.82, 2.24) is 10.2 Å². The Kier molecular flexibility index (Phi) is 3.57. The van der Waals surface area contributed by atoms with Crippen LogP contribution >= 0.6 is 0 Å². The number of nitrogens with zero attached hydrogens (tertiary/aromatic N) is 1. The van der Waals surface area contributed by atoms with Gasteiger partial charge in [-0.3, -0.25) is 9.69 Å². The molecule has 2 aliphatic heterocycles. The maximum absolute atomic E-state index is 12.0. The lowest BCUT2D eigenvalue weighted by Gasteiger charge is -2.32. The lowest BCUT2D eigenvalue weighted by molar-refractivity contribution is -0.122. The van der Waals surface area contributed by atoms with Crippen LogP contribution in [0, 0.1) is 5.92 Å². The number of hydrogen-bond donors (Lipinski definition) is 2. The number of piperidine rings is 1. The van der Waals surface area contributed by atoms with Gasteiger partial charge in [0, 0.05) is 31.1 Å². The molecule has 1 aliphatic carbocycles. The molecule has 3 aliphatic rings. The Morgan fingerprint density at radius 2 is 2.06 bits per heavy atom. The standard InChI is InChI=1S/C14H25N3O/c15-11(10-4-5-10)9-14(18)16-12-6-8-17-7-2-1-3-13(12)17/h10-13H,1-9,15H2,(H,16,18). The first-order valence-electron chi connectivity index (χ1n) is 7.53. The summed E-state index contributed by atoms with van der Waals surface area (Å²) in [4.78, 5) is 14.6. The third-order valence-corrected chi connectivity index (χ3v) is 4.85. The molecule has 102 valence electrons. The molecule has 1 saturated carbocycles. The van der Waals surface area contributed by atoms with Crippen molar-refractivity contribution < 1.29 is 4.79 Å². The van der Waals surface area contributed by atoms with Gasteiger partial charge in [-0.2, -0.15) is 0 Å². The third kappa shape index (κ3) is 2.69. The number of hydrogen-bond acceptors (Lipinski definition) is 3. The van der Waals surface area contributed by atoms with E-state index in [2.05, 4.69) is 10.2 Å². The smallest absolute Gasteiger partial charge is 0.221 e. The predicted molar refractivity (Wildman–Crippen MR) is 71.1 cm³/mol. The largest absolute Gasteiger partial charge is 0.352 e. The van der Waals surface area contributed by atoms with Crippen molar-refractivity contribution in [2.75, 3.05) is 13.1 Å². The van der Waals surface area contributed by atoms with Crippen molar-refractivity contribution in [3.8, 4) is 0 Å². The van der Waals surface area contributed by atoms with Crippen LogP contribution < -0.4 is 11.1 Å². The van der Waals surface area contributed by atoms with Crippen LogP contribution in [0.4, 0.5) is 0 Å². The fourth-order valence-corrected chi connectivity index (χ4v) is 3.59. The number of carbonyl (C=O) groups excluding carboxylic acids is 1. The van der Waals surface area contributed by atoms with Crippen molar-refractivity contribution in [3.05, 3.63) is 0 Å². The van der Waals surface area contributed by atoms with Gasteiger partial charge < -0.3 is 11.1 Å². The molecule has 4 heteroatoms. The first-order chi connectivity index (χ1) is 8.74. The highest BCUT2D eigenvalue weighted by Gasteiger charge is 2.37. The molecule has 3 fully saturated rings. The zero-order valence-electron chi connectivity index (χ0n) is 11.1. The Morgan fingerprint density at radius 1 is 1.22 bits per heavy atom. The number of fused-ring (bicyclic) bond motifs is 1. The number of nitrogens with one attached hydrogen (secondary N) is 1. The van der Waals surface area contributed by atoms with Crippen molar-refractivity contribution >= 4 is 5.91 Å².